The summed E-state index contributed by atoms with van der Waals surface area (Å²) in [7, 11) is 0. The van der Waals surface area contributed by atoms with Crippen molar-refractivity contribution >= 4 is 5.91 Å². The first-order valence-corrected chi connectivity index (χ1v) is 7.14. The third kappa shape index (κ3) is 3.00. The summed E-state index contributed by atoms with van der Waals surface area (Å²) in [6.45, 7) is 3.20. The lowest BCUT2D eigenvalue weighted by Gasteiger charge is -2.18. The van der Waals surface area contributed by atoms with E-state index in [1.807, 2.05) is 13.8 Å². The smallest absolute Gasteiger partial charge is 0.319 e. The van der Waals surface area contributed by atoms with E-state index in [9.17, 15) is 13.6 Å². The van der Waals surface area contributed by atoms with Crippen molar-refractivity contribution in [3.05, 3.63) is 35.7 Å². The zero-order valence-corrected chi connectivity index (χ0v) is 12.8. The van der Waals surface area contributed by atoms with E-state index >= 15 is 0 Å². The van der Waals surface area contributed by atoms with Gasteiger partial charge in [-0.2, -0.15) is 13.9 Å². The van der Waals surface area contributed by atoms with Gasteiger partial charge < -0.3 is 5.32 Å². The van der Waals surface area contributed by atoms with Crippen molar-refractivity contribution in [2.24, 2.45) is 0 Å². The normalized spacial score (nSPS) is 12.6. The molecule has 2 heterocycles. The maximum absolute atomic E-state index is 13.0. The van der Waals surface area contributed by atoms with E-state index in [4.69, 9.17) is 0 Å². The number of rotatable bonds is 6. The standard InChI is InChI=1S/C14H19F2N5O/c1-4-10(12-17-8-18-20(12)5-2)19-13(22)11-7-6-9(3)21(11)14(15)16/h6-8,10,14H,4-5H2,1-3H3,(H,19,22)/t10-/m0/s1. The van der Waals surface area contributed by atoms with Crippen molar-refractivity contribution in [3.8, 4) is 0 Å². The highest BCUT2D eigenvalue weighted by molar-refractivity contribution is 5.93. The summed E-state index contributed by atoms with van der Waals surface area (Å²) < 4.78 is 28.5. The molecule has 0 aliphatic carbocycles. The van der Waals surface area contributed by atoms with Crippen LogP contribution in [0.5, 0.6) is 0 Å². The fourth-order valence-corrected chi connectivity index (χ4v) is 2.36. The Kier molecular flexibility index (Phi) is 4.89. The molecular weight excluding hydrogens is 292 g/mol. The molecule has 0 unspecified atom stereocenters. The first kappa shape index (κ1) is 16.1. The largest absolute Gasteiger partial charge is 0.341 e. The average Bonchev–Trinajstić information content (AvgIpc) is 3.10. The molecule has 0 saturated heterocycles. The lowest BCUT2D eigenvalue weighted by Crippen LogP contribution is -2.32. The summed E-state index contributed by atoms with van der Waals surface area (Å²) in [4.78, 5) is 16.5. The van der Waals surface area contributed by atoms with Gasteiger partial charge >= 0.3 is 6.55 Å². The summed E-state index contributed by atoms with van der Waals surface area (Å²) in [6.07, 6.45) is 2.00. The van der Waals surface area contributed by atoms with E-state index < -0.39 is 12.5 Å². The van der Waals surface area contributed by atoms with Crippen LogP contribution in [0.3, 0.4) is 0 Å². The Morgan fingerprint density at radius 3 is 2.68 bits per heavy atom. The highest BCUT2D eigenvalue weighted by Crippen LogP contribution is 2.20. The maximum Gasteiger partial charge on any atom is 0.319 e. The molecule has 1 atom stereocenters. The van der Waals surface area contributed by atoms with Crippen molar-refractivity contribution in [3.63, 3.8) is 0 Å². The molecule has 0 aliphatic heterocycles. The third-order valence-corrected chi connectivity index (χ3v) is 3.52. The number of aryl methyl sites for hydroxylation is 2. The van der Waals surface area contributed by atoms with Crippen molar-refractivity contribution in [1.29, 1.82) is 0 Å². The van der Waals surface area contributed by atoms with Crippen LogP contribution in [0.25, 0.3) is 0 Å². The molecule has 120 valence electrons. The number of carbonyl (C=O) groups excluding carboxylic acids is 1. The molecule has 0 spiro atoms. The summed E-state index contributed by atoms with van der Waals surface area (Å²) in [6, 6.07) is 2.52. The second kappa shape index (κ2) is 6.67. The second-order valence-electron chi connectivity index (χ2n) is 4.88. The number of nitrogens with zero attached hydrogens (tertiary/aromatic N) is 4. The van der Waals surface area contributed by atoms with Gasteiger partial charge in [-0.05, 0) is 32.4 Å². The summed E-state index contributed by atoms with van der Waals surface area (Å²) in [5.41, 5.74) is 0.276. The molecule has 1 amide bonds. The molecule has 1 N–H and O–H groups in total. The van der Waals surface area contributed by atoms with Crippen LogP contribution in [0.1, 0.15) is 54.9 Å². The van der Waals surface area contributed by atoms with Crippen LogP contribution in [-0.2, 0) is 6.54 Å². The monoisotopic (exact) mass is 311 g/mol. The van der Waals surface area contributed by atoms with E-state index in [0.29, 0.717) is 29.1 Å². The maximum atomic E-state index is 13.0. The molecule has 2 aromatic heterocycles. The summed E-state index contributed by atoms with van der Waals surface area (Å²) in [5, 5.41) is 6.81. The minimum absolute atomic E-state index is 0.0616. The Hall–Kier alpha value is -2.25. The second-order valence-corrected chi connectivity index (χ2v) is 4.88. The average molecular weight is 311 g/mol. The number of amides is 1. The molecule has 0 aromatic carbocycles. The predicted octanol–water partition coefficient (Wildman–Crippen LogP) is 2.68. The van der Waals surface area contributed by atoms with Gasteiger partial charge in [0.25, 0.3) is 5.91 Å². The zero-order chi connectivity index (χ0) is 16.3. The molecule has 8 heteroatoms. The van der Waals surface area contributed by atoms with E-state index in [1.54, 1.807) is 4.68 Å². The Morgan fingerprint density at radius 2 is 2.09 bits per heavy atom. The van der Waals surface area contributed by atoms with Crippen LogP contribution in [0.4, 0.5) is 8.78 Å². The third-order valence-electron chi connectivity index (χ3n) is 3.52. The highest BCUT2D eigenvalue weighted by atomic mass is 19.3. The van der Waals surface area contributed by atoms with Gasteiger partial charge in [0.15, 0.2) is 0 Å². The van der Waals surface area contributed by atoms with Gasteiger partial charge in [0.05, 0.1) is 6.04 Å². The van der Waals surface area contributed by atoms with Gasteiger partial charge in [0.2, 0.25) is 0 Å². The zero-order valence-electron chi connectivity index (χ0n) is 12.8. The van der Waals surface area contributed by atoms with Crippen molar-refractivity contribution in [2.75, 3.05) is 0 Å². The van der Waals surface area contributed by atoms with Crippen LogP contribution in [0.15, 0.2) is 18.5 Å². The Bertz CT molecular complexity index is 649. The van der Waals surface area contributed by atoms with E-state index in [2.05, 4.69) is 15.4 Å². The lowest BCUT2D eigenvalue weighted by atomic mass is 10.2. The Labute approximate surface area is 127 Å². The van der Waals surface area contributed by atoms with E-state index in [0.717, 1.165) is 0 Å². The van der Waals surface area contributed by atoms with Gasteiger partial charge in [0.1, 0.15) is 17.8 Å². The van der Waals surface area contributed by atoms with Gasteiger partial charge in [-0.25, -0.2) is 9.67 Å². The Balaban J connectivity index is 2.24. The quantitative estimate of drug-likeness (QED) is 0.892. The fourth-order valence-electron chi connectivity index (χ4n) is 2.36. The molecule has 0 saturated carbocycles. The molecule has 0 radical (unpaired) electrons. The highest BCUT2D eigenvalue weighted by Gasteiger charge is 2.23. The molecule has 2 rings (SSSR count). The van der Waals surface area contributed by atoms with Crippen LogP contribution in [-0.4, -0.2) is 25.2 Å². The topological polar surface area (TPSA) is 64.7 Å². The van der Waals surface area contributed by atoms with Gasteiger partial charge in [0, 0.05) is 12.2 Å². The fraction of sp³-hybridized carbons (Fsp3) is 0.500. The molecular formula is C14H19F2N5O. The van der Waals surface area contributed by atoms with Crippen molar-refractivity contribution in [2.45, 2.75) is 46.3 Å². The first-order chi connectivity index (χ1) is 10.5. The van der Waals surface area contributed by atoms with Crippen LogP contribution in [0.2, 0.25) is 0 Å². The van der Waals surface area contributed by atoms with Crippen LogP contribution in [0, 0.1) is 6.92 Å². The van der Waals surface area contributed by atoms with Gasteiger partial charge in [-0.1, -0.05) is 6.92 Å². The lowest BCUT2D eigenvalue weighted by molar-refractivity contribution is 0.0613. The molecule has 0 bridgehead atoms. The van der Waals surface area contributed by atoms with Crippen molar-refractivity contribution in [1.82, 2.24) is 24.6 Å². The van der Waals surface area contributed by atoms with Crippen LogP contribution >= 0.6 is 0 Å². The van der Waals surface area contributed by atoms with Gasteiger partial charge in [-0.3, -0.25) is 9.36 Å². The summed E-state index contributed by atoms with van der Waals surface area (Å²) >= 11 is 0. The first-order valence-electron chi connectivity index (χ1n) is 7.14. The number of alkyl halides is 2. The van der Waals surface area contributed by atoms with Crippen molar-refractivity contribution < 1.29 is 13.6 Å². The predicted molar refractivity (Wildman–Crippen MR) is 76.6 cm³/mol. The number of hydrogen-bond acceptors (Lipinski definition) is 3. The number of aromatic nitrogens is 4. The minimum atomic E-state index is -2.75. The molecule has 6 nitrogen and oxygen atoms in total. The molecule has 0 fully saturated rings. The summed E-state index contributed by atoms with van der Waals surface area (Å²) in [5.74, 6) is 0.0659. The number of halogens is 2. The SMILES string of the molecule is CC[C@H](NC(=O)c1ccc(C)n1C(F)F)c1ncnn1CC. The Morgan fingerprint density at radius 1 is 1.36 bits per heavy atom. The minimum Gasteiger partial charge on any atom is -0.341 e. The molecule has 2 aromatic rings. The van der Waals surface area contributed by atoms with Crippen LogP contribution < -0.4 is 5.32 Å². The van der Waals surface area contributed by atoms with Gasteiger partial charge in [-0.15, -0.1) is 0 Å². The van der Waals surface area contributed by atoms with E-state index in [1.165, 1.54) is 25.4 Å². The molecule has 0 aliphatic rings. The molecule has 22 heavy (non-hydrogen) atoms. The number of hydrogen-bond donors (Lipinski definition) is 1. The number of nitrogens with one attached hydrogen (secondary N) is 1. The number of carbonyl (C=O) groups is 1. The van der Waals surface area contributed by atoms with E-state index in [-0.39, 0.29) is 11.7 Å².